The molecular formula is C25H42N4O2. The van der Waals surface area contributed by atoms with Crippen molar-refractivity contribution in [2.75, 3.05) is 40.3 Å². The lowest BCUT2D eigenvalue weighted by molar-refractivity contribution is 0.0264. The summed E-state index contributed by atoms with van der Waals surface area (Å²) >= 11 is 0. The van der Waals surface area contributed by atoms with E-state index in [1.165, 1.54) is 32.1 Å². The molecule has 0 aliphatic heterocycles. The van der Waals surface area contributed by atoms with Crippen LogP contribution in [0.1, 0.15) is 74.2 Å². The molecule has 1 aliphatic carbocycles. The van der Waals surface area contributed by atoms with Gasteiger partial charge in [0.05, 0.1) is 6.10 Å². The highest BCUT2D eigenvalue weighted by Crippen LogP contribution is 2.20. The van der Waals surface area contributed by atoms with Gasteiger partial charge in [0.15, 0.2) is 5.96 Å². The number of carbonyl (C=O) groups is 1. The Morgan fingerprint density at radius 3 is 2.68 bits per heavy atom. The van der Waals surface area contributed by atoms with Crippen molar-refractivity contribution in [3.05, 3.63) is 35.4 Å². The Morgan fingerprint density at radius 1 is 1.13 bits per heavy atom. The highest BCUT2D eigenvalue weighted by molar-refractivity contribution is 5.94. The van der Waals surface area contributed by atoms with Crippen molar-refractivity contribution in [2.24, 2.45) is 4.99 Å². The molecule has 1 aromatic rings. The van der Waals surface area contributed by atoms with Gasteiger partial charge in [-0.15, -0.1) is 0 Å². The van der Waals surface area contributed by atoms with Crippen LogP contribution in [0.2, 0.25) is 0 Å². The Labute approximate surface area is 188 Å². The number of unbranched alkanes of at least 4 members (excludes halogenated alkanes) is 2. The zero-order chi connectivity index (χ0) is 22.3. The van der Waals surface area contributed by atoms with Gasteiger partial charge in [-0.25, -0.2) is 0 Å². The lowest BCUT2D eigenvalue weighted by atomic mass is 9.98. The number of benzene rings is 1. The molecule has 0 bridgehead atoms. The standard InChI is InChI=1S/C25H42N4O2/c1-4-26-25(27-17-9-6-10-19-31-23-14-7-5-8-15-23)28-18-16-21-12-11-13-22(20-21)24(30)29(2)3/h11-13,20,23H,4-10,14-19H2,1-3H3,(H2,26,27,28). The fourth-order valence-electron chi connectivity index (χ4n) is 3.85. The highest BCUT2D eigenvalue weighted by Gasteiger charge is 2.13. The third-order valence-electron chi connectivity index (χ3n) is 5.61. The summed E-state index contributed by atoms with van der Waals surface area (Å²) in [6.45, 7) is 5.42. The SMILES string of the molecule is CCNC(=NCCCCCOC1CCCCC1)NCCc1cccc(C(=O)N(C)C)c1. The monoisotopic (exact) mass is 430 g/mol. The van der Waals surface area contributed by atoms with Gasteiger partial charge in [-0.3, -0.25) is 9.79 Å². The van der Waals surface area contributed by atoms with E-state index in [9.17, 15) is 4.79 Å². The van der Waals surface area contributed by atoms with Crippen LogP contribution in [0.5, 0.6) is 0 Å². The summed E-state index contributed by atoms with van der Waals surface area (Å²) in [5.74, 6) is 0.898. The smallest absolute Gasteiger partial charge is 0.253 e. The van der Waals surface area contributed by atoms with Crippen molar-refractivity contribution >= 4 is 11.9 Å². The predicted octanol–water partition coefficient (Wildman–Crippen LogP) is 4.01. The average molecular weight is 431 g/mol. The first-order valence-electron chi connectivity index (χ1n) is 12.0. The molecule has 2 rings (SSSR count). The molecule has 0 spiro atoms. The first-order valence-corrected chi connectivity index (χ1v) is 12.0. The molecule has 0 aromatic heterocycles. The van der Waals surface area contributed by atoms with Crippen LogP contribution in [0.25, 0.3) is 0 Å². The van der Waals surface area contributed by atoms with Crippen LogP contribution in [0.3, 0.4) is 0 Å². The van der Waals surface area contributed by atoms with Crippen LogP contribution >= 0.6 is 0 Å². The van der Waals surface area contributed by atoms with Gasteiger partial charge < -0.3 is 20.3 Å². The minimum absolute atomic E-state index is 0.0360. The van der Waals surface area contributed by atoms with Gasteiger partial charge in [-0.05, 0) is 63.1 Å². The van der Waals surface area contributed by atoms with Gasteiger partial charge in [0, 0.05) is 45.9 Å². The molecule has 2 N–H and O–H groups in total. The Morgan fingerprint density at radius 2 is 1.94 bits per heavy atom. The number of ether oxygens (including phenoxy) is 1. The van der Waals surface area contributed by atoms with E-state index in [0.29, 0.717) is 6.10 Å². The van der Waals surface area contributed by atoms with E-state index in [-0.39, 0.29) is 5.91 Å². The van der Waals surface area contributed by atoms with Crippen molar-refractivity contribution in [1.82, 2.24) is 15.5 Å². The van der Waals surface area contributed by atoms with Crippen LogP contribution in [-0.4, -0.2) is 63.2 Å². The van der Waals surface area contributed by atoms with Crippen LogP contribution in [-0.2, 0) is 11.2 Å². The zero-order valence-electron chi connectivity index (χ0n) is 19.8. The maximum absolute atomic E-state index is 12.1. The van der Waals surface area contributed by atoms with Crippen molar-refractivity contribution in [3.63, 3.8) is 0 Å². The Hall–Kier alpha value is -2.08. The molecule has 1 saturated carbocycles. The summed E-state index contributed by atoms with van der Waals surface area (Å²) < 4.78 is 6.00. The molecule has 174 valence electrons. The molecule has 0 saturated heterocycles. The van der Waals surface area contributed by atoms with Gasteiger partial charge in [0.25, 0.3) is 5.91 Å². The van der Waals surface area contributed by atoms with E-state index < -0.39 is 0 Å². The number of amides is 1. The van der Waals surface area contributed by atoms with E-state index in [2.05, 4.69) is 23.6 Å². The number of guanidine groups is 1. The quantitative estimate of drug-likeness (QED) is 0.299. The van der Waals surface area contributed by atoms with Crippen LogP contribution in [0, 0.1) is 0 Å². The first-order chi connectivity index (χ1) is 15.1. The van der Waals surface area contributed by atoms with E-state index in [0.717, 1.165) is 69.0 Å². The number of nitrogens with one attached hydrogen (secondary N) is 2. The summed E-state index contributed by atoms with van der Waals surface area (Å²) in [5, 5.41) is 6.72. The van der Waals surface area contributed by atoms with Gasteiger partial charge in [-0.1, -0.05) is 31.4 Å². The number of hydrogen-bond acceptors (Lipinski definition) is 3. The summed E-state index contributed by atoms with van der Waals surface area (Å²) in [5.41, 5.74) is 1.88. The Bertz CT molecular complexity index is 669. The molecule has 6 nitrogen and oxygen atoms in total. The summed E-state index contributed by atoms with van der Waals surface area (Å²) in [4.78, 5) is 18.4. The number of rotatable bonds is 12. The first kappa shape index (κ1) is 25.2. The van der Waals surface area contributed by atoms with E-state index in [4.69, 9.17) is 9.73 Å². The van der Waals surface area contributed by atoms with Gasteiger partial charge >= 0.3 is 0 Å². The molecule has 0 unspecified atom stereocenters. The Kier molecular flexibility index (Phi) is 12.1. The second kappa shape index (κ2) is 14.8. The van der Waals surface area contributed by atoms with Crippen molar-refractivity contribution < 1.29 is 9.53 Å². The topological polar surface area (TPSA) is 66.0 Å². The second-order valence-corrected chi connectivity index (χ2v) is 8.53. The fourth-order valence-corrected chi connectivity index (χ4v) is 3.85. The minimum atomic E-state index is 0.0360. The molecule has 1 fully saturated rings. The molecule has 6 heteroatoms. The number of carbonyl (C=O) groups excluding carboxylic acids is 1. The summed E-state index contributed by atoms with van der Waals surface area (Å²) in [6.07, 6.45) is 11.3. The predicted molar refractivity (Wildman–Crippen MR) is 129 cm³/mol. The summed E-state index contributed by atoms with van der Waals surface area (Å²) in [7, 11) is 3.55. The lowest BCUT2D eigenvalue weighted by Crippen LogP contribution is -2.38. The van der Waals surface area contributed by atoms with Gasteiger partial charge in [0.1, 0.15) is 0 Å². The zero-order valence-corrected chi connectivity index (χ0v) is 19.8. The third kappa shape index (κ3) is 10.2. The third-order valence-corrected chi connectivity index (χ3v) is 5.61. The molecule has 0 heterocycles. The molecule has 1 aromatic carbocycles. The maximum Gasteiger partial charge on any atom is 0.253 e. The molecule has 1 aliphatic rings. The minimum Gasteiger partial charge on any atom is -0.378 e. The lowest BCUT2D eigenvalue weighted by Gasteiger charge is -2.21. The summed E-state index contributed by atoms with van der Waals surface area (Å²) in [6, 6.07) is 7.85. The van der Waals surface area contributed by atoms with Crippen LogP contribution in [0.15, 0.2) is 29.3 Å². The van der Waals surface area contributed by atoms with Crippen LogP contribution < -0.4 is 10.6 Å². The van der Waals surface area contributed by atoms with Crippen molar-refractivity contribution in [1.29, 1.82) is 0 Å². The number of aliphatic imine (C=N–C) groups is 1. The van der Waals surface area contributed by atoms with E-state index in [1.54, 1.807) is 19.0 Å². The van der Waals surface area contributed by atoms with E-state index >= 15 is 0 Å². The average Bonchev–Trinajstić information content (AvgIpc) is 2.78. The molecule has 0 atom stereocenters. The molecular weight excluding hydrogens is 388 g/mol. The highest BCUT2D eigenvalue weighted by atomic mass is 16.5. The van der Waals surface area contributed by atoms with Crippen molar-refractivity contribution in [2.45, 2.75) is 70.8 Å². The van der Waals surface area contributed by atoms with Crippen molar-refractivity contribution in [3.8, 4) is 0 Å². The molecule has 0 radical (unpaired) electrons. The normalized spacial score (nSPS) is 15.0. The fraction of sp³-hybridized carbons (Fsp3) is 0.680. The van der Waals surface area contributed by atoms with Crippen LogP contribution in [0.4, 0.5) is 0 Å². The van der Waals surface area contributed by atoms with Gasteiger partial charge in [0.2, 0.25) is 0 Å². The van der Waals surface area contributed by atoms with Gasteiger partial charge in [-0.2, -0.15) is 0 Å². The second-order valence-electron chi connectivity index (χ2n) is 8.53. The molecule has 31 heavy (non-hydrogen) atoms. The number of nitrogens with zero attached hydrogens (tertiary/aromatic N) is 2. The largest absolute Gasteiger partial charge is 0.378 e. The maximum atomic E-state index is 12.1. The molecule has 1 amide bonds. The van der Waals surface area contributed by atoms with E-state index in [1.807, 2.05) is 18.2 Å². The Balaban J connectivity index is 1.64. The number of hydrogen-bond donors (Lipinski definition) is 2.